The Morgan fingerprint density at radius 1 is 1.27 bits per heavy atom. The molecule has 1 fully saturated rings. The number of amides is 1. The fourth-order valence-corrected chi connectivity index (χ4v) is 5.85. The number of carbonyl (C=O) groups excluding carboxylic acids is 1. The monoisotopic (exact) mass is 396 g/mol. The van der Waals surface area contributed by atoms with E-state index in [9.17, 15) is 13.2 Å². The molecule has 3 rings (SSSR count). The lowest BCUT2D eigenvalue weighted by atomic mass is 10.1. The number of hydrogen-bond donors (Lipinski definition) is 2. The molecule has 7 nitrogen and oxygen atoms in total. The summed E-state index contributed by atoms with van der Waals surface area (Å²) in [4.78, 5) is 12.4. The van der Waals surface area contributed by atoms with E-state index in [0.29, 0.717) is 30.8 Å². The molecule has 1 aliphatic heterocycles. The first-order chi connectivity index (χ1) is 12.4. The second-order valence-electron chi connectivity index (χ2n) is 6.03. The Balaban J connectivity index is 1.72. The van der Waals surface area contributed by atoms with Crippen molar-refractivity contribution in [3.63, 3.8) is 0 Å². The SMILES string of the molecule is Cc1cc(S(=O)(=O)N2CCC(Oc3ccccc3)CC2)c(C(=O)NO)s1. The van der Waals surface area contributed by atoms with Gasteiger partial charge in [0.25, 0.3) is 5.91 Å². The maximum atomic E-state index is 12.9. The number of sulfonamides is 1. The number of hydrogen-bond acceptors (Lipinski definition) is 6. The van der Waals surface area contributed by atoms with Crippen molar-refractivity contribution in [1.29, 1.82) is 0 Å². The van der Waals surface area contributed by atoms with Gasteiger partial charge in [-0.05, 0) is 38.0 Å². The van der Waals surface area contributed by atoms with Gasteiger partial charge >= 0.3 is 0 Å². The molecule has 1 aromatic carbocycles. The first kappa shape index (κ1) is 18.8. The van der Waals surface area contributed by atoms with Crippen LogP contribution in [-0.4, -0.2) is 43.0 Å². The zero-order valence-electron chi connectivity index (χ0n) is 14.2. The topological polar surface area (TPSA) is 95.9 Å². The summed E-state index contributed by atoms with van der Waals surface area (Å²) in [7, 11) is -3.81. The van der Waals surface area contributed by atoms with E-state index in [1.807, 2.05) is 30.3 Å². The number of para-hydroxylation sites is 1. The molecule has 140 valence electrons. The number of hydroxylamine groups is 1. The second-order valence-corrected chi connectivity index (χ2v) is 9.19. The number of thiophene rings is 1. The Labute approximate surface area is 156 Å². The summed E-state index contributed by atoms with van der Waals surface area (Å²) in [5.74, 6) is -0.0480. The highest BCUT2D eigenvalue weighted by atomic mass is 32.2. The lowest BCUT2D eigenvalue weighted by Gasteiger charge is -2.31. The zero-order valence-corrected chi connectivity index (χ0v) is 15.8. The quantitative estimate of drug-likeness (QED) is 0.598. The van der Waals surface area contributed by atoms with Crippen molar-refractivity contribution < 1.29 is 23.2 Å². The van der Waals surface area contributed by atoms with Crippen molar-refractivity contribution in [2.24, 2.45) is 0 Å². The van der Waals surface area contributed by atoms with E-state index in [1.54, 1.807) is 6.92 Å². The third-order valence-electron chi connectivity index (χ3n) is 4.19. The molecule has 9 heteroatoms. The molecule has 2 N–H and O–H groups in total. The highest BCUT2D eigenvalue weighted by molar-refractivity contribution is 7.89. The van der Waals surface area contributed by atoms with Crippen molar-refractivity contribution in [2.75, 3.05) is 13.1 Å². The molecule has 1 aromatic heterocycles. The third kappa shape index (κ3) is 3.90. The van der Waals surface area contributed by atoms with Gasteiger partial charge in [0.05, 0.1) is 0 Å². The van der Waals surface area contributed by atoms with Gasteiger partial charge in [-0.2, -0.15) is 4.31 Å². The number of nitrogens with zero attached hydrogens (tertiary/aromatic N) is 1. The summed E-state index contributed by atoms with van der Waals surface area (Å²) in [6.45, 7) is 2.35. The molecule has 1 aliphatic rings. The number of carbonyl (C=O) groups is 1. The lowest BCUT2D eigenvalue weighted by Crippen LogP contribution is -2.42. The van der Waals surface area contributed by atoms with E-state index < -0.39 is 15.9 Å². The smallest absolute Gasteiger partial charge is 0.286 e. The summed E-state index contributed by atoms with van der Waals surface area (Å²) in [6.07, 6.45) is 1.09. The fraction of sp³-hybridized carbons (Fsp3) is 0.353. The Morgan fingerprint density at radius 3 is 2.54 bits per heavy atom. The molecule has 0 aliphatic carbocycles. The molecule has 0 spiro atoms. The summed E-state index contributed by atoms with van der Waals surface area (Å²) in [5.41, 5.74) is 1.51. The molecule has 2 aromatic rings. The molecule has 0 saturated carbocycles. The minimum absolute atomic E-state index is 0.00680. The van der Waals surface area contributed by atoms with Crippen LogP contribution in [0, 0.1) is 6.92 Å². The number of benzene rings is 1. The number of aryl methyl sites for hydroxylation is 1. The average Bonchev–Trinajstić information content (AvgIpc) is 3.05. The van der Waals surface area contributed by atoms with Crippen LogP contribution in [0.5, 0.6) is 5.75 Å². The fourth-order valence-electron chi connectivity index (χ4n) is 2.91. The van der Waals surface area contributed by atoms with Crippen LogP contribution in [0.1, 0.15) is 27.4 Å². The Hall–Kier alpha value is -1.94. The van der Waals surface area contributed by atoms with Crippen molar-refractivity contribution in [3.8, 4) is 5.75 Å². The van der Waals surface area contributed by atoms with E-state index >= 15 is 0 Å². The maximum Gasteiger partial charge on any atom is 0.286 e. The summed E-state index contributed by atoms with van der Waals surface area (Å²) < 4.78 is 33.1. The van der Waals surface area contributed by atoms with E-state index in [4.69, 9.17) is 9.94 Å². The van der Waals surface area contributed by atoms with Crippen LogP contribution in [0.25, 0.3) is 0 Å². The molecule has 26 heavy (non-hydrogen) atoms. The third-order valence-corrected chi connectivity index (χ3v) is 7.29. The number of piperidine rings is 1. The van der Waals surface area contributed by atoms with Crippen molar-refractivity contribution in [2.45, 2.75) is 30.8 Å². The Kier molecular flexibility index (Phi) is 5.61. The standard InChI is InChI=1S/C17H20N2O5S2/c1-12-11-15(16(25-12)17(20)18-21)26(22,23)19-9-7-14(8-10-19)24-13-5-3-2-4-6-13/h2-6,11,14,21H,7-10H2,1H3,(H,18,20). The van der Waals surface area contributed by atoms with E-state index in [2.05, 4.69) is 0 Å². The first-order valence-corrected chi connectivity index (χ1v) is 10.4. The summed E-state index contributed by atoms with van der Waals surface area (Å²) in [5, 5.41) is 8.86. The van der Waals surface area contributed by atoms with Crippen LogP contribution in [-0.2, 0) is 10.0 Å². The number of ether oxygens (including phenoxy) is 1. The average molecular weight is 396 g/mol. The van der Waals surface area contributed by atoms with Crippen molar-refractivity contribution >= 4 is 27.3 Å². The minimum Gasteiger partial charge on any atom is -0.490 e. The molecular formula is C17H20N2O5S2. The van der Waals surface area contributed by atoms with Gasteiger partial charge in [0, 0.05) is 18.0 Å². The molecule has 0 radical (unpaired) electrons. The maximum absolute atomic E-state index is 12.9. The van der Waals surface area contributed by atoms with Gasteiger partial charge in [-0.15, -0.1) is 11.3 Å². The second kappa shape index (κ2) is 7.75. The number of rotatable bonds is 5. The summed E-state index contributed by atoms with van der Waals surface area (Å²) >= 11 is 1.04. The predicted octanol–water partition coefficient (Wildman–Crippen LogP) is 2.41. The molecule has 1 amide bonds. The first-order valence-electron chi connectivity index (χ1n) is 8.18. The molecule has 2 heterocycles. The molecule has 0 bridgehead atoms. The molecule has 0 unspecified atom stereocenters. The zero-order chi connectivity index (χ0) is 18.7. The predicted molar refractivity (Wildman–Crippen MR) is 97.2 cm³/mol. The molecule has 0 atom stereocenters. The Bertz CT molecular complexity index is 872. The highest BCUT2D eigenvalue weighted by Crippen LogP contribution is 2.30. The van der Waals surface area contributed by atoms with Crippen LogP contribution >= 0.6 is 11.3 Å². The molecule has 1 saturated heterocycles. The Morgan fingerprint density at radius 2 is 1.92 bits per heavy atom. The largest absolute Gasteiger partial charge is 0.490 e. The van der Waals surface area contributed by atoms with Crippen LogP contribution < -0.4 is 10.2 Å². The lowest BCUT2D eigenvalue weighted by molar-refractivity contribution is 0.0707. The van der Waals surface area contributed by atoms with E-state index in [1.165, 1.54) is 15.9 Å². The van der Waals surface area contributed by atoms with Gasteiger partial charge in [-0.25, -0.2) is 13.9 Å². The van der Waals surface area contributed by atoms with Gasteiger partial charge in [-0.3, -0.25) is 10.0 Å². The molecular weight excluding hydrogens is 376 g/mol. The summed E-state index contributed by atoms with van der Waals surface area (Å²) in [6, 6.07) is 10.9. The van der Waals surface area contributed by atoms with Gasteiger partial charge in [0.2, 0.25) is 10.0 Å². The number of nitrogens with one attached hydrogen (secondary N) is 1. The van der Waals surface area contributed by atoms with E-state index in [0.717, 1.165) is 17.1 Å². The van der Waals surface area contributed by atoms with Crippen molar-refractivity contribution in [1.82, 2.24) is 9.79 Å². The van der Waals surface area contributed by atoms with Gasteiger partial charge < -0.3 is 4.74 Å². The van der Waals surface area contributed by atoms with Crippen LogP contribution in [0.4, 0.5) is 0 Å². The normalized spacial score (nSPS) is 16.4. The highest BCUT2D eigenvalue weighted by Gasteiger charge is 2.34. The van der Waals surface area contributed by atoms with E-state index in [-0.39, 0.29) is 15.9 Å². The van der Waals surface area contributed by atoms with Crippen LogP contribution in [0.15, 0.2) is 41.3 Å². The van der Waals surface area contributed by atoms with Crippen molar-refractivity contribution in [3.05, 3.63) is 46.2 Å². The van der Waals surface area contributed by atoms with Gasteiger partial charge in [0.15, 0.2) is 0 Å². The van der Waals surface area contributed by atoms with Gasteiger partial charge in [-0.1, -0.05) is 18.2 Å². The van der Waals surface area contributed by atoms with Crippen LogP contribution in [0.2, 0.25) is 0 Å². The van der Waals surface area contributed by atoms with Gasteiger partial charge in [0.1, 0.15) is 21.6 Å². The minimum atomic E-state index is -3.81. The van der Waals surface area contributed by atoms with Crippen LogP contribution in [0.3, 0.4) is 0 Å².